The third kappa shape index (κ3) is 3.41. The molecule has 26 heavy (non-hydrogen) atoms. The molecule has 0 saturated heterocycles. The standard InChI is InChI=1S/C20H26N2O4/c1-3-16-17(20(24)25)18(21-13-7-5-4-6-8-13)19(23)22(16)14-9-11-15(26-2)12-10-14/h9-13,16,21H,3-8H2,1-2H3,(H,24,25). The molecule has 6 nitrogen and oxygen atoms in total. The number of nitrogens with zero attached hydrogens (tertiary/aromatic N) is 1. The average Bonchev–Trinajstić information content (AvgIpc) is 2.94. The van der Waals surface area contributed by atoms with E-state index in [4.69, 9.17) is 4.74 Å². The Morgan fingerprint density at radius 2 is 1.88 bits per heavy atom. The van der Waals surface area contributed by atoms with Crippen LogP contribution in [0.15, 0.2) is 35.5 Å². The van der Waals surface area contributed by atoms with Gasteiger partial charge in [0.15, 0.2) is 0 Å². The number of benzene rings is 1. The fourth-order valence-electron chi connectivity index (χ4n) is 3.94. The molecule has 0 bridgehead atoms. The van der Waals surface area contributed by atoms with Crippen molar-refractivity contribution in [2.24, 2.45) is 0 Å². The molecule has 0 spiro atoms. The number of hydrogen-bond donors (Lipinski definition) is 2. The molecule has 3 rings (SSSR count). The van der Waals surface area contributed by atoms with Gasteiger partial charge in [0.05, 0.1) is 18.7 Å². The summed E-state index contributed by atoms with van der Waals surface area (Å²) in [4.78, 5) is 26.7. The van der Waals surface area contributed by atoms with Crippen molar-refractivity contribution in [2.45, 2.75) is 57.5 Å². The molecule has 1 aromatic carbocycles. The van der Waals surface area contributed by atoms with Gasteiger partial charge in [-0.2, -0.15) is 0 Å². The number of carbonyl (C=O) groups excluding carboxylic acids is 1. The lowest BCUT2D eigenvalue weighted by atomic mass is 9.95. The molecule has 2 N–H and O–H groups in total. The van der Waals surface area contributed by atoms with Crippen LogP contribution in [0.25, 0.3) is 0 Å². The molecule has 0 radical (unpaired) electrons. The lowest BCUT2D eigenvalue weighted by Gasteiger charge is -2.26. The van der Waals surface area contributed by atoms with Crippen molar-refractivity contribution in [1.29, 1.82) is 0 Å². The van der Waals surface area contributed by atoms with Gasteiger partial charge < -0.3 is 15.2 Å². The zero-order valence-electron chi connectivity index (χ0n) is 15.3. The number of carboxylic acid groups (broad SMARTS) is 1. The van der Waals surface area contributed by atoms with Gasteiger partial charge in [-0.05, 0) is 43.5 Å². The van der Waals surface area contributed by atoms with Crippen molar-refractivity contribution >= 4 is 17.6 Å². The minimum Gasteiger partial charge on any atom is -0.497 e. The minimum atomic E-state index is -1.03. The Morgan fingerprint density at radius 3 is 2.42 bits per heavy atom. The third-order valence-electron chi connectivity index (χ3n) is 5.27. The Bertz CT molecular complexity index is 705. The van der Waals surface area contributed by atoms with Crippen LogP contribution in [0.5, 0.6) is 5.75 Å². The molecular formula is C20H26N2O4. The first-order valence-corrected chi connectivity index (χ1v) is 9.28. The molecule has 1 heterocycles. The van der Waals surface area contributed by atoms with E-state index in [9.17, 15) is 14.7 Å². The van der Waals surface area contributed by atoms with Crippen LogP contribution >= 0.6 is 0 Å². The highest BCUT2D eigenvalue weighted by Gasteiger charge is 2.43. The van der Waals surface area contributed by atoms with E-state index in [1.807, 2.05) is 6.92 Å². The molecule has 1 unspecified atom stereocenters. The summed E-state index contributed by atoms with van der Waals surface area (Å²) < 4.78 is 5.17. The first-order valence-electron chi connectivity index (χ1n) is 9.28. The topological polar surface area (TPSA) is 78.9 Å². The predicted molar refractivity (Wildman–Crippen MR) is 99.2 cm³/mol. The smallest absolute Gasteiger partial charge is 0.336 e. The van der Waals surface area contributed by atoms with Crippen LogP contribution in [0.1, 0.15) is 45.4 Å². The van der Waals surface area contributed by atoms with E-state index in [1.165, 1.54) is 6.42 Å². The molecule has 0 aromatic heterocycles. The second-order valence-electron chi connectivity index (χ2n) is 6.87. The van der Waals surface area contributed by atoms with Crippen molar-refractivity contribution in [2.75, 3.05) is 12.0 Å². The molecule has 1 fully saturated rings. The highest BCUT2D eigenvalue weighted by molar-refractivity contribution is 6.15. The summed E-state index contributed by atoms with van der Waals surface area (Å²) in [6, 6.07) is 6.85. The summed E-state index contributed by atoms with van der Waals surface area (Å²) in [6.07, 6.45) is 5.91. The molecule has 1 aliphatic carbocycles. The molecule has 1 aliphatic heterocycles. The van der Waals surface area contributed by atoms with Crippen LogP contribution in [0.4, 0.5) is 5.69 Å². The first kappa shape index (κ1) is 18.3. The van der Waals surface area contributed by atoms with E-state index in [1.54, 1.807) is 36.3 Å². The zero-order chi connectivity index (χ0) is 18.7. The van der Waals surface area contributed by atoms with Crippen molar-refractivity contribution in [3.8, 4) is 5.75 Å². The van der Waals surface area contributed by atoms with Gasteiger partial charge in [-0.15, -0.1) is 0 Å². The van der Waals surface area contributed by atoms with Crippen molar-refractivity contribution in [1.82, 2.24) is 5.32 Å². The van der Waals surface area contributed by atoms with Gasteiger partial charge in [0, 0.05) is 11.7 Å². The second kappa shape index (κ2) is 7.81. The highest BCUT2D eigenvalue weighted by Crippen LogP contribution is 2.34. The van der Waals surface area contributed by atoms with Crippen molar-refractivity contribution in [3.05, 3.63) is 35.5 Å². The number of carbonyl (C=O) groups is 2. The van der Waals surface area contributed by atoms with Gasteiger partial charge >= 0.3 is 5.97 Å². The molecule has 1 amide bonds. The van der Waals surface area contributed by atoms with Crippen LogP contribution in [0.3, 0.4) is 0 Å². The van der Waals surface area contributed by atoms with Gasteiger partial charge in [0.2, 0.25) is 0 Å². The van der Waals surface area contributed by atoms with Gasteiger partial charge in [-0.25, -0.2) is 4.79 Å². The van der Waals surface area contributed by atoms with Crippen LogP contribution in [-0.4, -0.2) is 36.2 Å². The fourth-order valence-corrected chi connectivity index (χ4v) is 3.94. The average molecular weight is 358 g/mol. The Hall–Kier alpha value is -2.50. The van der Waals surface area contributed by atoms with Crippen LogP contribution in [-0.2, 0) is 9.59 Å². The Morgan fingerprint density at radius 1 is 1.23 bits per heavy atom. The minimum absolute atomic E-state index is 0.172. The van der Waals surface area contributed by atoms with Crippen LogP contribution in [0, 0.1) is 0 Å². The Kier molecular flexibility index (Phi) is 5.49. The third-order valence-corrected chi connectivity index (χ3v) is 5.27. The molecule has 1 atom stereocenters. The van der Waals surface area contributed by atoms with E-state index in [2.05, 4.69) is 5.32 Å². The number of amides is 1. The largest absolute Gasteiger partial charge is 0.497 e. The molecule has 140 valence electrons. The Labute approximate surface area is 153 Å². The van der Waals surface area contributed by atoms with Crippen LogP contribution < -0.4 is 15.0 Å². The van der Waals surface area contributed by atoms with E-state index < -0.39 is 12.0 Å². The summed E-state index contributed by atoms with van der Waals surface area (Å²) in [5.41, 5.74) is 1.12. The van der Waals surface area contributed by atoms with Gasteiger partial charge in [0.25, 0.3) is 5.91 Å². The fraction of sp³-hybridized carbons (Fsp3) is 0.500. The number of methoxy groups -OCH3 is 1. The lowest BCUT2D eigenvalue weighted by Crippen LogP contribution is -2.38. The maximum atomic E-state index is 13.1. The van der Waals surface area contributed by atoms with Gasteiger partial charge in [-0.3, -0.25) is 9.69 Å². The summed E-state index contributed by atoms with van der Waals surface area (Å²) >= 11 is 0. The number of nitrogens with one attached hydrogen (secondary N) is 1. The maximum Gasteiger partial charge on any atom is 0.336 e. The molecule has 6 heteroatoms. The normalized spacial score (nSPS) is 21.2. The highest BCUT2D eigenvalue weighted by atomic mass is 16.5. The van der Waals surface area contributed by atoms with Gasteiger partial charge in [0.1, 0.15) is 11.4 Å². The monoisotopic (exact) mass is 358 g/mol. The first-order chi connectivity index (χ1) is 12.6. The lowest BCUT2D eigenvalue weighted by molar-refractivity contribution is -0.133. The van der Waals surface area contributed by atoms with E-state index in [0.717, 1.165) is 25.7 Å². The predicted octanol–water partition coefficient (Wildman–Crippen LogP) is 3.08. The van der Waals surface area contributed by atoms with Crippen molar-refractivity contribution in [3.63, 3.8) is 0 Å². The number of aliphatic carboxylic acids is 1. The number of ether oxygens (including phenoxy) is 1. The van der Waals surface area contributed by atoms with Crippen molar-refractivity contribution < 1.29 is 19.4 Å². The number of carboxylic acids is 1. The zero-order valence-corrected chi connectivity index (χ0v) is 15.3. The summed E-state index contributed by atoms with van der Waals surface area (Å²) in [5.74, 6) is -0.593. The number of hydrogen-bond acceptors (Lipinski definition) is 4. The molecule has 1 saturated carbocycles. The van der Waals surface area contributed by atoms with E-state index in [0.29, 0.717) is 17.9 Å². The van der Waals surface area contributed by atoms with E-state index >= 15 is 0 Å². The molecule has 2 aliphatic rings. The summed E-state index contributed by atoms with van der Waals surface area (Å²) in [6.45, 7) is 1.90. The Balaban J connectivity index is 1.93. The maximum absolute atomic E-state index is 13.1. The number of rotatable bonds is 6. The summed E-state index contributed by atoms with van der Waals surface area (Å²) in [5, 5.41) is 13.1. The second-order valence-corrected chi connectivity index (χ2v) is 6.87. The SMILES string of the molecule is CCC1C(C(=O)O)=C(NC2CCCCC2)C(=O)N1c1ccc(OC)cc1. The molecular weight excluding hydrogens is 332 g/mol. The van der Waals surface area contributed by atoms with E-state index in [-0.39, 0.29) is 23.2 Å². The quantitative estimate of drug-likeness (QED) is 0.817. The number of anilines is 1. The van der Waals surface area contributed by atoms with Crippen LogP contribution in [0.2, 0.25) is 0 Å². The molecule has 1 aromatic rings. The van der Waals surface area contributed by atoms with Gasteiger partial charge in [-0.1, -0.05) is 26.2 Å². The summed E-state index contributed by atoms with van der Waals surface area (Å²) in [7, 11) is 1.58.